The number of anilines is 1. The molecule has 1 fully saturated rings. The number of halogens is 2. The van der Waals surface area contributed by atoms with Crippen LogP contribution in [0.4, 0.5) is 10.1 Å². The predicted molar refractivity (Wildman–Crippen MR) is 105 cm³/mol. The minimum absolute atomic E-state index is 0. The third kappa shape index (κ3) is 4.48. The van der Waals surface area contributed by atoms with Gasteiger partial charge in [0.25, 0.3) is 0 Å². The number of carbonyl (C=O) groups excluding carboxylic acids is 1. The molecule has 1 amide bonds. The molecule has 27 heavy (non-hydrogen) atoms. The Morgan fingerprint density at radius 3 is 2.59 bits per heavy atom. The lowest BCUT2D eigenvalue weighted by atomic mass is 9.78. The van der Waals surface area contributed by atoms with Gasteiger partial charge in [0.15, 0.2) is 5.82 Å². The Morgan fingerprint density at radius 2 is 2.04 bits per heavy atom. The zero-order valence-corrected chi connectivity index (χ0v) is 16.7. The first-order chi connectivity index (χ1) is 12.4. The summed E-state index contributed by atoms with van der Waals surface area (Å²) in [7, 11) is 1.60. The number of aromatic nitrogens is 2. The summed E-state index contributed by atoms with van der Waals surface area (Å²) in [6, 6.07) is 6.57. The van der Waals surface area contributed by atoms with Gasteiger partial charge < -0.3 is 15.4 Å². The summed E-state index contributed by atoms with van der Waals surface area (Å²) in [5, 5.41) is 10.4. The monoisotopic (exact) mass is 396 g/mol. The Morgan fingerprint density at radius 1 is 1.33 bits per heavy atom. The zero-order chi connectivity index (χ0) is 18.7. The van der Waals surface area contributed by atoms with Crippen molar-refractivity contribution in [2.75, 3.05) is 32.1 Å². The normalized spacial score (nSPS) is 15.9. The third-order valence-electron chi connectivity index (χ3n) is 4.91. The van der Waals surface area contributed by atoms with E-state index in [-0.39, 0.29) is 18.3 Å². The van der Waals surface area contributed by atoms with E-state index < -0.39 is 11.2 Å². The lowest BCUT2D eigenvalue weighted by Crippen LogP contribution is -2.47. The van der Waals surface area contributed by atoms with Gasteiger partial charge in [0.2, 0.25) is 5.91 Å². The Labute approximate surface area is 164 Å². The number of rotatable bonds is 5. The summed E-state index contributed by atoms with van der Waals surface area (Å²) < 4.78 is 21.5. The predicted octanol–water partition coefficient (Wildman–Crippen LogP) is 3.00. The minimum Gasteiger partial charge on any atom is -0.384 e. The van der Waals surface area contributed by atoms with Crippen LogP contribution in [0.5, 0.6) is 0 Å². The lowest BCUT2D eigenvalue weighted by Gasteiger charge is -2.35. The molecule has 2 heterocycles. The molecule has 0 unspecified atom stereocenters. The van der Waals surface area contributed by atoms with Crippen LogP contribution >= 0.6 is 12.4 Å². The second-order valence-corrected chi connectivity index (χ2v) is 6.92. The van der Waals surface area contributed by atoms with E-state index in [1.54, 1.807) is 23.9 Å². The summed E-state index contributed by atoms with van der Waals surface area (Å²) in [5.41, 5.74) is 1.90. The molecule has 0 atom stereocenters. The molecule has 1 aliphatic heterocycles. The SMILES string of the molecule is COCC1(C(=O)Nc2ccc(-n3nc(C)cc3C)c(F)c2)CCNCC1.Cl. The Hall–Kier alpha value is -1.96. The molecule has 0 spiro atoms. The molecule has 0 saturated carbocycles. The van der Waals surface area contributed by atoms with Gasteiger partial charge >= 0.3 is 0 Å². The highest BCUT2D eigenvalue weighted by molar-refractivity contribution is 5.95. The van der Waals surface area contributed by atoms with Gasteiger partial charge in [-0.05, 0) is 64.0 Å². The number of nitrogens with zero attached hydrogens (tertiary/aromatic N) is 2. The summed E-state index contributed by atoms with van der Waals surface area (Å²) in [5.74, 6) is -0.556. The van der Waals surface area contributed by atoms with Crippen LogP contribution in [0.3, 0.4) is 0 Å². The zero-order valence-electron chi connectivity index (χ0n) is 15.8. The van der Waals surface area contributed by atoms with Crippen LogP contribution in [0.1, 0.15) is 24.2 Å². The second kappa shape index (κ2) is 8.82. The summed E-state index contributed by atoms with van der Waals surface area (Å²) in [6.07, 6.45) is 1.39. The average molecular weight is 397 g/mol. The molecule has 0 aliphatic carbocycles. The largest absolute Gasteiger partial charge is 0.384 e. The molecular weight excluding hydrogens is 371 g/mol. The van der Waals surface area contributed by atoms with E-state index in [1.165, 1.54) is 6.07 Å². The topological polar surface area (TPSA) is 68.2 Å². The Bertz CT molecular complexity index is 797. The highest BCUT2D eigenvalue weighted by Gasteiger charge is 2.39. The van der Waals surface area contributed by atoms with Crippen molar-refractivity contribution < 1.29 is 13.9 Å². The van der Waals surface area contributed by atoms with Crippen LogP contribution in [0, 0.1) is 25.1 Å². The molecular formula is C19H26ClFN4O2. The standard InChI is InChI=1S/C19H25FN4O2.ClH/c1-13-10-14(2)24(23-13)17-5-4-15(11-16(17)20)22-18(25)19(12-26-3)6-8-21-9-7-19;/h4-5,10-11,21H,6-9,12H2,1-3H3,(H,22,25);1H. The van der Waals surface area contributed by atoms with Crippen molar-refractivity contribution in [2.45, 2.75) is 26.7 Å². The van der Waals surface area contributed by atoms with Crippen molar-refractivity contribution in [3.63, 3.8) is 0 Å². The van der Waals surface area contributed by atoms with Crippen LogP contribution in [0.25, 0.3) is 5.69 Å². The first-order valence-corrected chi connectivity index (χ1v) is 8.79. The van der Waals surface area contributed by atoms with Gasteiger partial charge in [0.05, 0.1) is 17.7 Å². The highest BCUT2D eigenvalue weighted by Crippen LogP contribution is 2.31. The van der Waals surface area contributed by atoms with E-state index in [4.69, 9.17) is 4.74 Å². The van der Waals surface area contributed by atoms with Crippen molar-refractivity contribution in [1.82, 2.24) is 15.1 Å². The van der Waals surface area contributed by atoms with E-state index in [0.717, 1.165) is 24.5 Å². The van der Waals surface area contributed by atoms with Gasteiger partial charge in [-0.2, -0.15) is 5.10 Å². The van der Waals surface area contributed by atoms with Gasteiger partial charge in [-0.15, -0.1) is 12.4 Å². The molecule has 3 rings (SSSR count). The highest BCUT2D eigenvalue weighted by atomic mass is 35.5. The number of aryl methyl sites for hydroxylation is 2. The number of hydrogen-bond acceptors (Lipinski definition) is 4. The number of methoxy groups -OCH3 is 1. The van der Waals surface area contributed by atoms with Gasteiger partial charge in [-0.1, -0.05) is 0 Å². The molecule has 148 valence electrons. The summed E-state index contributed by atoms with van der Waals surface area (Å²) >= 11 is 0. The lowest BCUT2D eigenvalue weighted by molar-refractivity contribution is -0.130. The third-order valence-corrected chi connectivity index (χ3v) is 4.91. The molecule has 1 saturated heterocycles. The van der Waals surface area contributed by atoms with Gasteiger partial charge in [-0.25, -0.2) is 9.07 Å². The number of carbonyl (C=O) groups is 1. The van der Waals surface area contributed by atoms with Crippen LogP contribution in [-0.4, -0.2) is 42.5 Å². The first kappa shape index (κ1) is 21.3. The number of benzene rings is 1. The Balaban J connectivity index is 0.00000261. The maximum atomic E-state index is 14.6. The van der Waals surface area contributed by atoms with Gasteiger partial charge in [0, 0.05) is 18.5 Å². The van der Waals surface area contributed by atoms with Gasteiger partial charge in [0.1, 0.15) is 5.69 Å². The number of nitrogens with one attached hydrogen (secondary N) is 2. The van der Waals surface area contributed by atoms with Crippen molar-refractivity contribution in [3.8, 4) is 5.69 Å². The second-order valence-electron chi connectivity index (χ2n) is 6.92. The quantitative estimate of drug-likeness (QED) is 0.815. The minimum atomic E-state index is -0.579. The fourth-order valence-corrected chi connectivity index (χ4v) is 3.51. The number of amides is 1. The fraction of sp³-hybridized carbons (Fsp3) is 0.474. The van der Waals surface area contributed by atoms with Crippen LogP contribution in [-0.2, 0) is 9.53 Å². The summed E-state index contributed by atoms with van der Waals surface area (Å²) in [6.45, 7) is 5.63. The van der Waals surface area contributed by atoms with Crippen molar-refractivity contribution in [3.05, 3.63) is 41.5 Å². The van der Waals surface area contributed by atoms with Gasteiger partial charge in [-0.3, -0.25) is 4.79 Å². The maximum Gasteiger partial charge on any atom is 0.233 e. The van der Waals surface area contributed by atoms with E-state index in [1.807, 2.05) is 19.9 Å². The van der Waals surface area contributed by atoms with E-state index in [0.29, 0.717) is 30.8 Å². The molecule has 2 aromatic rings. The molecule has 8 heteroatoms. The van der Waals surface area contributed by atoms with E-state index >= 15 is 0 Å². The van der Waals surface area contributed by atoms with Crippen molar-refractivity contribution in [2.24, 2.45) is 5.41 Å². The van der Waals surface area contributed by atoms with Crippen LogP contribution in [0.15, 0.2) is 24.3 Å². The number of ether oxygens (including phenoxy) is 1. The number of piperidine rings is 1. The smallest absolute Gasteiger partial charge is 0.233 e. The molecule has 0 radical (unpaired) electrons. The average Bonchev–Trinajstić information content (AvgIpc) is 2.94. The molecule has 6 nitrogen and oxygen atoms in total. The van der Waals surface area contributed by atoms with E-state index in [2.05, 4.69) is 15.7 Å². The molecule has 1 aliphatic rings. The maximum absolute atomic E-state index is 14.6. The van der Waals surface area contributed by atoms with Crippen LogP contribution in [0.2, 0.25) is 0 Å². The van der Waals surface area contributed by atoms with Crippen LogP contribution < -0.4 is 10.6 Å². The first-order valence-electron chi connectivity index (χ1n) is 8.79. The Kier molecular flexibility index (Phi) is 6.97. The molecule has 2 N–H and O–H groups in total. The summed E-state index contributed by atoms with van der Waals surface area (Å²) in [4.78, 5) is 12.8. The van der Waals surface area contributed by atoms with Crippen molar-refractivity contribution in [1.29, 1.82) is 0 Å². The molecule has 1 aromatic heterocycles. The molecule has 1 aromatic carbocycles. The van der Waals surface area contributed by atoms with E-state index in [9.17, 15) is 9.18 Å². The number of hydrogen-bond donors (Lipinski definition) is 2. The van der Waals surface area contributed by atoms with Crippen molar-refractivity contribution >= 4 is 24.0 Å². The fourth-order valence-electron chi connectivity index (χ4n) is 3.51. The molecule has 0 bridgehead atoms.